The number of hydrogen-bond donors (Lipinski definition) is 1. The fourth-order valence-corrected chi connectivity index (χ4v) is 2.32. The van der Waals surface area contributed by atoms with E-state index in [9.17, 15) is 4.79 Å². The number of anilines is 1. The molecule has 1 aliphatic rings. The quantitative estimate of drug-likeness (QED) is 0.847. The number of carbonyl (C=O) groups is 1. The molecule has 0 saturated carbocycles. The molecule has 2 rings (SSSR count). The average molecular weight is 289 g/mol. The number of nitrogens with one attached hydrogen (secondary N) is 1. The molecular formula is C16H23N3O2. The molecule has 1 aromatic rings. The molecule has 0 atom stereocenters. The van der Waals surface area contributed by atoms with Crippen LogP contribution in [0.1, 0.15) is 6.92 Å². The smallest absolute Gasteiger partial charge is 0.321 e. The third-order valence-corrected chi connectivity index (χ3v) is 3.46. The van der Waals surface area contributed by atoms with Gasteiger partial charge in [0.25, 0.3) is 0 Å². The molecule has 1 fully saturated rings. The summed E-state index contributed by atoms with van der Waals surface area (Å²) in [6.07, 6.45) is 1.90. The van der Waals surface area contributed by atoms with Crippen LogP contribution in [-0.4, -0.2) is 55.2 Å². The summed E-state index contributed by atoms with van der Waals surface area (Å²) in [5.41, 5.74) is 0.789. The topological polar surface area (TPSA) is 44.8 Å². The van der Waals surface area contributed by atoms with Crippen molar-refractivity contribution >= 4 is 11.7 Å². The molecule has 5 nitrogen and oxygen atoms in total. The average Bonchev–Trinajstić information content (AvgIpc) is 2.50. The third-order valence-electron chi connectivity index (χ3n) is 3.46. The van der Waals surface area contributed by atoms with Gasteiger partial charge in [-0.15, -0.1) is 6.58 Å². The van der Waals surface area contributed by atoms with Crippen molar-refractivity contribution in [2.75, 3.05) is 44.6 Å². The minimum absolute atomic E-state index is 0.0441. The zero-order valence-corrected chi connectivity index (χ0v) is 12.5. The van der Waals surface area contributed by atoms with Crippen LogP contribution < -0.4 is 10.1 Å². The summed E-state index contributed by atoms with van der Waals surface area (Å²) in [5.74, 6) is 0.813. The first-order valence-electron chi connectivity index (χ1n) is 7.35. The Morgan fingerprint density at radius 1 is 1.29 bits per heavy atom. The van der Waals surface area contributed by atoms with E-state index in [1.54, 1.807) is 0 Å². The maximum Gasteiger partial charge on any atom is 0.321 e. The first-order chi connectivity index (χ1) is 10.2. The molecule has 0 aromatic heterocycles. The van der Waals surface area contributed by atoms with Crippen LogP contribution in [0.5, 0.6) is 5.75 Å². The van der Waals surface area contributed by atoms with Crippen molar-refractivity contribution in [3.05, 3.63) is 36.9 Å². The van der Waals surface area contributed by atoms with E-state index < -0.39 is 0 Å². The highest BCUT2D eigenvalue weighted by molar-refractivity contribution is 5.89. The minimum atomic E-state index is -0.0441. The highest BCUT2D eigenvalue weighted by atomic mass is 16.5. The van der Waals surface area contributed by atoms with E-state index in [0.717, 1.165) is 44.2 Å². The van der Waals surface area contributed by atoms with Crippen molar-refractivity contribution in [2.24, 2.45) is 0 Å². The summed E-state index contributed by atoms with van der Waals surface area (Å²) in [7, 11) is 0. The molecule has 1 N–H and O–H groups in total. The number of benzene rings is 1. The lowest BCUT2D eigenvalue weighted by Gasteiger charge is -2.34. The minimum Gasteiger partial charge on any atom is -0.494 e. The number of urea groups is 1. The predicted octanol–water partition coefficient (Wildman–Crippen LogP) is 2.42. The van der Waals surface area contributed by atoms with Gasteiger partial charge in [-0.05, 0) is 31.2 Å². The number of piperazine rings is 1. The summed E-state index contributed by atoms with van der Waals surface area (Å²) in [4.78, 5) is 16.3. The Labute approximate surface area is 126 Å². The van der Waals surface area contributed by atoms with Crippen LogP contribution in [-0.2, 0) is 0 Å². The molecule has 1 aromatic carbocycles. The number of hydrogen-bond acceptors (Lipinski definition) is 3. The van der Waals surface area contributed by atoms with Crippen molar-refractivity contribution in [3.63, 3.8) is 0 Å². The van der Waals surface area contributed by atoms with Gasteiger partial charge in [0.1, 0.15) is 5.75 Å². The lowest BCUT2D eigenvalue weighted by Crippen LogP contribution is -2.49. The lowest BCUT2D eigenvalue weighted by atomic mass is 10.3. The highest BCUT2D eigenvalue weighted by Crippen LogP contribution is 2.16. The van der Waals surface area contributed by atoms with Crippen LogP contribution >= 0.6 is 0 Å². The number of ether oxygens (including phenoxy) is 1. The Kier molecular flexibility index (Phi) is 5.63. The van der Waals surface area contributed by atoms with E-state index >= 15 is 0 Å². The molecule has 0 aliphatic carbocycles. The van der Waals surface area contributed by atoms with Gasteiger partial charge < -0.3 is 15.0 Å². The van der Waals surface area contributed by atoms with E-state index in [2.05, 4.69) is 16.8 Å². The zero-order chi connectivity index (χ0) is 15.1. The molecule has 0 unspecified atom stereocenters. The normalized spacial score (nSPS) is 15.6. The maximum absolute atomic E-state index is 12.2. The first kappa shape index (κ1) is 15.4. The molecule has 1 aliphatic heterocycles. The Balaban J connectivity index is 1.83. The van der Waals surface area contributed by atoms with Gasteiger partial charge >= 0.3 is 6.03 Å². The van der Waals surface area contributed by atoms with Gasteiger partial charge in [0, 0.05) is 38.4 Å². The van der Waals surface area contributed by atoms with E-state index in [4.69, 9.17) is 4.74 Å². The van der Waals surface area contributed by atoms with Gasteiger partial charge in [0.2, 0.25) is 0 Å². The largest absolute Gasteiger partial charge is 0.494 e. The highest BCUT2D eigenvalue weighted by Gasteiger charge is 2.20. The van der Waals surface area contributed by atoms with Gasteiger partial charge in [0.15, 0.2) is 0 Å². The Hall–Kier alpha value is -2.01. The zero-order valence-electron chi connectivity index (χ0n) is 12.5. The van der Waals surface area contributed by atoms with Gasteiger partial charge in [-0.3, -0.25) is 4.90 Å². The fourth-order valence-electron chi connectivity index (χ4n) is 2.32. The molecule has 2 amide bonds. The number of rotatable bonds is 5. The standard InChI is InChI=1S/C16H23N3O2/c1-3-9-18-10-12-19(13-11-18)16(20)17-14-5-7-15(8-6-14)21-4-2/h3,5-8H,1,4,9-13H2,2H3,(H,17,20). The second-order valence-electron chi connectivity index (χ2n) is 4.96. The van der Waals surface area contributed by atoms with E-state index in [-0.39, 0.29) is 6.03 Å². The number of nitrogens with zero attached hydrogens (tertiary/aromatic N) is 2. The molecule has 21 heavy (non-hydrogen) atoms. The number of carbonyl (C=O) groups excluding carboxylic acids is 1. The monoisotopic (exact) mass is 289 g/mol. The van der Waals surface area contributed by atoms with E-state index in [1.165, 1.54) is 0 Å². The van der Waals surface area contributed by atoms with Gasteiger partial charge in [-0.2, -0.15) is 0 Å². The Morgan fingerprint density at radius 3 is 2.52 bits per heavy atom. The fraction of sp³-hybridized carbons (Fsp3) is 0.438. The second kappa shape index (κ2) is 7.69. The van der Waals surface area contributed by atoms with E-state index in [1.807, 2.05) is 42.2 Å². The third kappa shape index (κ3) is 4.49. The van der Waals surface area contributed by atoms with Crippen molar-refractivity contribution in [1.29, 1.82) is 0 Å². The van der Waals surface area contributed by atoms with Crippen LogP contribution in [0.4, 0.5) is 10.5 Å². The Morgan fingerprint density at radius 2 is 1.95 bits per heavy atom. The number of amides is 2. The first-order valence-corrected chi connectivity index (χ1v) is 7.35. The summed E-state index contributed by atoms with van der Waals surface area (Å²) in [6, 6.07) is 7.40. The van der Waals surface area contributed by atoms with Gasteiger partial charge in [-0.1, -0.05) is 6.08 Å². The second-order valence-corrected chi connectivity index (χ2v) is 4.96. The molecule has 0 bridgehead atoms. The van der Waals surface area contributed by atoms with E-state index in [0.29, 0.717) is 6.61 Å². The van der Waals surface area contributed by atoms with Crippen molar-refractivity contribution < 1.29 is 9.53 Å². The van der Waals surface area contributed by atoms with Crippen molar-refractivity contribution in [3.8, 4) is 5.75 Å². The molecule has 5 heteroatoms. The molecule has 0 radical (unpaired) electrons. The maximum atomic E-state index is 12.2. The SMILES string of the molecule is C=CCN1CCN(C(=O)Nc2ccc(OCC)cc2)CC1. The molecule has 1 heterocycles. The summed E-state index contributed by atoms with van der Waals surface area (Å²) >= 11 is 0. The summed E-state index contributed by atoms with van der Waals surface area (Å²) in [6.45, 7) is 10.5. The molecular weight excluding hydrogens is 266 g/mol. The lowest BCUT2D eigenvalue weighted by molar-refractivity contribution is 0.156. The van der Waals surface area contributed by atoms with Crippen LogP contribution in [0, 0.1) is 0 Å². The van der Waals surface area contributed by atoms with Gasteiger partial charge in [-0.25, -0.2) is 4.79 Å². The molecule has 114 valence electrons. The predicted molar refractivity (Wildman–Crippen MR) is 84.8 cm³/mol. The molecule has 1 saturated heterocycles. The summed E-state index contributed by atoms with van der Waals surface area (Å²) < 4.78 is 5.38. The molecule has 0 spiro atoms. The van der Waals surface area contributed by atoms with Crippen molar-refractivity contribution in [1.82, 2.24) is 9.80 Å². The van der Waals surface area contributed by atoms with Crippen LogP contribution in [0.2, 0.25) is 0 Å². The summed E-state index contributed by atoms with van der Waals surface area (Å²) in [5, 5.41) is 2.92. The van der Waals surface area contributed by atoms with Crippen LogP contribution in [0.3, 0.4) is 0 Å². The van der Waals surface area contributed by atoms with Crippen LogP contribution in [0.15, 0.2) is 36.9 Å². The van der Waals surface area contributed by atoms with Crippen molar-refractivity contribution in [2.45, 2.75) is 6.92 Å². The Bertz CT molecular complexity index is 465. The van der Waals surface area contributed by atoms with Gasteiger partial charge in [0.05, 0.1) is 6.61 Å². The van der Waals surface area contributed by atoms with Crippen LogP contribution in [0.25, 0.3) is 0 Å².